The first-order valence-electron chi connectivity index (χ1n) is 9.60. The summed E-state index contributed by atoms with van der Waals surface area (Å²) in [6, 6.07) is 21.0. The summed E-state index contributed by atoms with van der Waals surface area (Å²) in [6.07, 6.45) is 0. The first-order chi connectivity index (χ1) is 15.0. The van der Waals surface area contributed by atoms with Crippen LogP contribution in [0.15, 0.2) is 78.0 Å². The number of fused-ring (bicyclic) bond motifs is 2. The first kappa shape index (κ1) is 18.8. The molecule has 31 heavy (non-hydrogen) atoms. The van der Waals surface area contributed by atoms with Crippen molar-refractivity contribution in [3.05, 3.63) is 99.6 Å². The third-order valence-electron chi connectivity index (χ3n) is 5.69. The Morgan fingerprint density at radius 1 is 1.10 bits per heavy atom. The molecule has 2 heterocycles. The van der Waals surface area contributed by atoms with Crippen molar-refractivity contribution < 1.29 is 19.3 Å². The van der Waals surface area contributed by atoms with Crippen molar-refractivity contribution in [2.45, 2.75) is 11.5 Å². The number of nitro groups is 1. The number of benzene rings is 3. The van der Waals surface area contributed by atoms with Crippen LogP contribution in [-0.4, -0.2) is 23.7 Å². The van der Waals surface area contributed by atoms with Gasteiger partial charge >= 0.3 is 0 Å². The molecule has 1 spiro atoms. The number of rotatable bonds is 4. The average molecular weight is 415 g/mol. The van der Waals surface area contributed by atoms with Gasteiger partial charge in [0.2, 0.25) is 0 Å². The molecular weight excluding hydrogens is 398 g/mol. The van der Waals surface area contributed by atoms with E-state index >= 15 is 0 Å². The minimum Gasteiger partial charge on any atom is -0.497 e. The van der Waals surface area contributed by atoms with E-state index in [-0.39, 0.29) is 5.69 Å². The highest BCUT2D eigenvalue weighted by Gasteiger charge is 2.61. The van der Waals surface area contributed by atoms with Gasteiger partial charge in [-0.3, -0.25) is 14.9 Å². The SMILES string of the molecule is COc1ccc(C2=NO[C@@]3(C(=O)Nc4ccc([N+](=O)[O-])cc43)[C@@H]2c2ccccc2)cc1. The van der Waals surface area contributed by atoms with E-state index in [1.54, 1.807) is 19.2 Å². The molecule has 3 aromatic carbocycles. The number of amides is 1. The number of nitro benzene ring substituents is 1. The van der Waals surface area contributed by atoms with Crippen molar-refractivity contribution in [2.75, 3.05) is 12.4 Å². The maximum atomic E-state index is 13.3. The molecule has 0 aromatic heterocycles. The van der Waals surface area contributed by atoms with E-state index in [4.69, 9.17) is 9.57 Å². The molecule has 1 N–H and O–H groups in total. The van der Waals surface area contributed by atoms with Gasteiger partial charge in [0.25, 0.3) is 17.2 Å². The second-order valence-corrected chi connectivity index (χ2v) is 7.32. The lowest BCUT2D eigenvalue weighted by molar-refractivity contribution is -0.385. The molecule has 154 valence electrons. The van der Waals surface area contributed by atoms with Gasteiger partial charge in [0.05, 0.1) is 23.7 Å². The van der Waals surface area contributed by atoms with E-state index in [2.05, 4.69) is 10.5 Å². The monoisotopic (exact) mass is 415 g/mol. The number of carbonyl (C=O) groups excluding carboxylic acids is 1. The summed E-state index contributed by atoms with van der Waals surface area (Å²) in [7, 11) is 1.58. The van der Waals surface area contributed by atoms with Gasteiger partial charge in [0, 0.05) is 28.9 Å². The molecule has 5 rings (SSSR count). The number of carbonyl (C=O) groups is 1. The fourth-order valence-electron chi connectivity index (χ4n) is 4.22. The Morgan fingerprint density at radius 3 is 2.52 bits per heavy atom. The first-order valence-corrected chi connectivity index (χ1v) is 9.60. The normalized spacial score (nSPS) is 21.3. The number of oxime groups is 1. The Bertz CT molecular complexity index is 1220. The highest BCUT2D eigenvalue weighted by Crippen LogP contribution is 2.53. The van der Waals surface area contributed by atoms with Crippen molar-refractivity contribution in [3.8, 4) is 5.75 Å². The number of ether oxygens (including phenoxy) is 1. The predicted molar refractivity (Wildman–Crippen MR) is 113 cm³/mol. The van der Waals surface area contributed by atoms with Crippen LogP contribution in [0.3, 0.4) is 0 Å². The summed E-state index contributed by atoms with van der Waals surface area (Å²) in [6.45, 7) is 0. The zero-order valence-corrected chi connectivity index (χ0v) is 16.4. The quantitative estimate of drug-likeness (QED) is 0.513. The van der Waals surface area contributed by atoms with Crippen molar-refractivity contribution in [1.82, 2.24) is 0 Å². The van der Waals surface area contributed by atoms with Crippen LogP contribution in [0.1, 0.15) is 22.6 Å². The van der Waals surface area contributed by atoms with Gasteiger partial charge in [-0.25, -0.2) is 0 Å². The molecule has 2 aliphatic heterocycles. The van der Waals surface area contributed by atoms with Gasteiger partial charge < -0.3 is 14.9 Å². The minimum absolute atomic E-state index is 0.122. The third-order valence-corrected chi connectivity index (χ3v) is 5.69. The zero-order valence-electron chi connectivity index (χ0n) is 16.4. The lowest BCUT2D eigenvalue weighted by Gasteiger charge is -2.27. The highest BCUT2D eigenvalue weighted by molar-refractivity contribution is 6.15. The van der Waals surface area contributed by atoms with Crippen LogP contribution in [0, 0.1) is 10.1 Å². The number of nitrogens with one attached hydrogen (secondary N) is 1. The van der Waals surface area contributed by atoms with Crippen LogP contribution in [0.5, 0.6) is 5.75 Å². The lowest BCUT2D eigenvalue weighted by atomic mass is 9.74. The molecule has 2 aliphatic rings. The smallest absolute Gasteiger partial charge is 0.277 e. The molecule has 0 saturated carbocycles. The van der Waals surface area contributed by atoms with E-state index in [0.717, 1.165) is 11.1 Å². The Hall–Kier alpha value is -4.20. The molecule has 0 fully saturated rings. The fourth-order valence-corrected chi connectivity index (χ4v) is 4.22. The van der Waals surface area contributed by atoms with Crippen molar-refractivity contribution in [2.24, 2.45) is 5.16 Å². The van der Waals surface area contributed by atoms with Gasteiger partial charge in [0.1, 0.15) is 5.75 Å². The fraction of sp³-hybridized carbons (Fsp3) is 0.130. The number of non-ortho nitro benzene ring substituents is 1. The minimum atomic E-state index is -1.54. The molecule has 8 heteroatoms. The van der Waals surface area contributed by atoms with Gasteiger partial charge in [-0.2, -0.15) is 0 Å². The number of hydrogen-bond acceptors (Lipinski definition) is 6. The number of anilines is 1. The van der Waals surface area contributed by atoms with Gasteiger partial charge in [-0.1, -0.05) is 35.5 Å². The summed E-state index contributed by atoms with van der Waals surface area (Å²) >= 11 is 0. The lowest BCUT2D eigenvalue weighted by Crippen LogP contribution is -2.41. The Morgan fingerprint density at radius 2 is 1.84 bits per heavy atom. The number of nitrogens with zero attached hydrogens (tertiary/aromatic N) is 2. The second kappa shape index (κ2) is 6.94. The topological polar surface area (TPSA) is 103 Å². The summed E-state index contributed by atoms with van der Waals surface area (Å²) in [5.41, 5.74) is 1.34. The Balaban J connectivity index is 1.70. The van der Waals surface area contributed by atoms with Crippen LogP contribution in [0.25, 0.3) is 0 Å². The number of hydrogen-bond donors (Lipinski definition) is 1. The molecule has 8 nitrogen and oxygen atoms in total. The summed E-state index contributed by atoms with van der Waals surface area (Å²) in [5, 5.41) is 18.5. The maximum absolute atomic E-state index is 13.3. The Kier molecular flexibility index (Phi) is 4.21. The third kappa shape index (κ3) is 2.76. The highest BCUT2D eigenvalue weighted by atomic mass is 16.7. The van der Waals surface area contributed by atoms with Gasteiger partial charge in [-0.05, 0) is 35.9 Å². The van der Waals surface area contributed by atoms with E-state index in [0.29, 0.717) is 22.7 Å². The van der Waals surface area contributed by atoms with Crippen molar-refractivity contribution in [1.29, 1.82) is 0 Å². The van der Waals surface area contributed by atoms with E-state index < -0.39 is 22.3 Å². The molecule has 0 unspecified atom stereocenters. The number of methoxy groups -OCH3 is 1. The molecule has 0 radical (unpaired) electrons. The van der Waals surface area contributed by atoms with Crippen LogP contribution in [0.2, 0.25) is 0 Å². The maximum Gasteiger partial charge on any atom is 0.277 e. The van der Waals surface area contributed by atoms with E-state index in [9.17, 15) is 14.9 Å². The van der Waals surface area contributed by atoms with Crippen LogP contribution in [-0.2, 0) is 15.2 Å². The van der Waals surface area contributed by atoms with Crippen LogP contribution in [0.4, 0.5) is 11.4 Å². The zero-order chi connectivity index (χ0) is 21.6. The summed E-state index contributed by atoms with van der Waals surface area (Å²) in [4.78, 5) is 30.1. The van der Waals surface area contributed by atoms with Crippen molar-refractivity contribution >= 4 is 23.0 Å². The molecule has 0 saturated heterocycles. The van der Waals surface area contributed by atoms with Gasteiger partial charge in [-0.15, -0.1) is 0 Å². The van der Waals surface area contributed by atoms with Crippen LogP contribution < -0.4 is 10.1 Å². The molecule has 3 aromatic rings. The average Bonchev–Trinajstić information content (AvgIpc) is 3.33. The van der Waals surface area contributed by atoms with Crippen molar-refractivity contribution in [3.63, 3.8) is 0 Å². The van der Waals surface area contributed by atoms with Gasteiger partial charge in [0.15, 0.2) is 0 Å². The Labute approximate surface area is 177 Å². The summed E-state index contributed by atoms with van der Waals surface area (Å²) < 4.78 is 5.24. The van der Waals surface area contributed by atoms with Crippen LogP contribution >= 0.6 is 0 Å². The largest absolute Gasteiger partial charge is 0.497 e. The van der Waals surface area contributed by atoms with E-state index in [1.807, 2.05) is 42.5 Å². The molecule has 1 amide bonds. The molecule has 0 aliphatic carbocycles. The molecule has 2 atom stereocenters. The predicted octanol–water partition coefficient (Wildman–Crippen LogP) is 3.97. The second-order valence-electron chi connectivity index (χ2n) is 7.32. The standard InChI is InChI=1S/C23H17N3O5/c1-30-17-10-7-15(8-11-17)21-20(14-5-3-2-4-6-14)23(31-25-21)18-13-16(26(28)29)9-12-19(18)24-22(23)27/h2-13,20H,1H3,(H,24,27)/t20-,23-/m1/s1. The summed E-state index contributed by atoms with van der Waals surface area (Å²) in [5.74, 6) is -0.330. The van der Waals surface area contributed by atoms with E-state index in [1.165, 1.54) is 18.2 Å². The molecule has 0 bridgehead atoms. The molecular formula is C23H17N3O5.